The lowest BCUT2D eigenvalue weighted by Crippen LogP contribution is -2.29. The predicted molar refractivity (Wildman–Crippen MR) is 77.1 cm³/mol. The molecular formula is C17H18O3. The minimum atomic E-state index is -0.331. The summed E-state index contributed by atoms with van der Waals surface area (Å²) in [6, 6.07) is 16.1. The van der Waals surface area contributed by atoms with E-state index >= 15 is 0 Å². The van der Waals surface area contributed by atoms with Crippen LogP contribution in [-0.2, 0) is 11.8 Å². The molecular weight excluding hydrogens is 252 g/mol. The molecule has 0 radical (unpaired) electrons. The first-order chi connectivity index (χ1) is 9.71. The second-order valence-electron chi connectivity index (χ2n) is 5.45. The van der Waals surface area contributed by atoms with Crippen LogP contribution in [0.4, 0.5) is 0 Å². The molecule has 20 heavy (non-hydrogen) atoms. The topological polar surface area (TPSA) is 38.7 Å². The summed E-state index contributed by atoms with van der Waals surface area (Å²) in [7, 11) is 0. The Morgan fingerprint density at radius 3 is 2.55 bits per heavy atom. The molecule has 3 rings (SSSR count). The smallest absolute Gasteiger partial charge is 0.231 e. The molecule has 0 aliphatic carbocycles. The molecule has 0 spiro atoms. The molecule has 0 amide bonds. The van der Waals surface area contributed by atoms with E-state index in [4.69, 9.17) is 9.47 Å². The fraction of sp³-hybridized carbons (Fsp3) is 0.294. The maximum atomic E-state index is 9.88. The molecule has 1 unspecified atom stereocenters. The van der Waals surface area contributed by atoms with Crippen LogP contribution in [0.5, 0.6) is 11.5 Å². The Hall–Kier alpha value is -2.00. The van der Waals surface area contributed by atoms with Crippen LogP contribution in [0, 0.1) is 0 Å². The van der Waals surface area contributed by atoms with Crippen molar-refractivity contribution in [3.05, 3.63) is 59.7 Å². The van der Waals surface area contributed by atoms with Crippen LogP contribution in [0.25, 0.3) is 0 Å². The summed E-state index contributed by atoms with van der Waals surface area (Å²) in [6.45, 7) is 2.42. The second-order valence-corrected chi connectivity index (χ2v) is 5.45. The van der Waals surface area contributed by atoms with E-state index in [9.17, 15) is 5.11 Å². The molecule has 2 aromatic carbocycles. The zero-order chi connectivity index (χ0) is 14.0. The van der Waals surface area contributed by atoms with Crippen LogP contribution in [0.15, 0.2) is 48.5 Å². The molecule has 3 heteroatoms. The molecule has 0 saturated heterocycles. The van der Waals surface area contributed by atoms with E-state index in [0.717, 1.165) is 23.5 Å². The number of fused-ring (bicyclic) bond motifs is 1. The lowest BCUT2D eigenvalue weighted by atomic mass is 9.78. The van der Waals surface area contributed by atoms with Gasteiger partial charge in [-0.2, -0.15) is 0 Å². The third-order valence-electron chi connectivity index (χ3n) is 3.86. The first-order valence-corrected chi connectivity index (χ1v) is 6.76. The third-order valence-corrected chi connectivity index (χ3v) is 3.86. The Kier molecular flexibility index (Phi) is 3.36. The highest BCUT2D eigenvalue weighted by molar-refractivity contribution is 5.47. The average Bonchev–Trinajstić information content (AvgIpc) is 2.95. The Morgan fingerprint density at radius 1 is 1.05 bits per heavy atom. The highest BCUT2D eigenvalue weighted by atomic mass is 16.7. The van der Waals surface area contributed by atoms with Crippen LogP contribution < -0.4 is 9.47 Å². The van der Waals surface area contributed by atoms with E-state index in [1.807, 2.05) is 36.4 Å². The maximum Gasteiger partial charge on any atom is 0.231 e. The molecule has 0 fully saturated rings. The van der Waals surface area contributed by atoms with Crippen LogP contribution in [0.3, 0.4) is 0 Å². The van der Waals surface area contributed by atoms with Crippen LogP contribution in [0.2, 0.25) is 0 Å². The molecule has 2 aromatic rings. The first-order valence-electron chi connectivity index (χ1n) is 6.76. The van der Waals surface area contributed by atoms with Gasteiger partial charge in [-0.25, -0.2) is 0 Å². The minimum absolute atomic E-state index is 0.0849. The fourth-order valence-electron chi connectivity index (χ4n) is 2.57. The van der Waals surface area contributed by atoms with Crippen molar-refractivity contribution in [1.82, 2.24) is 0 Å². The van der Waals surface area contributed by atoms with Crippen molar-refractivity contribution in [2.75, 3.05) is 13.4 Å². The lowest BCUT2D eigenvalue weighted by Gasteiger charge is -2.28. The predicted octanol–water partition coefficient (Wildman–Crippen LogP) is 2.91. The second kappa shape index (κ2) is 5.17. The van der Waals surface area contributed by atoms with Crippen LogP contribution in [-0.4, -0.2) is 18.5 Å². The van der Waals surface area contributed by atoms with Crippen molar-refractivity contribution in [1.29, 1.82) is 0 Å². The number of ether oxygens (including phenoxy) is 2. The molecule has 3 nitrogen and oxygen atoms in total. The highest BCUT2D eigenvalue weighted by Gasteiger charge is 2.28. The molecule has 0 bridgehead atoms. The zero-order valence-electron chi connectivity index (χ0n) is 11.5. The van der Waals surface area contributed by atoms with E-state index in [2.05, 4.69) is 19.1 Å². The number of hydrogen-bond acceptors (Lipinski definition) is 3. The molecule has 1 N–H and O–H groups in total. The van der Waals surface area contributed by atoms with Gasteiger partial charge in [-0.1, -0.05) is 43.3 Å². The highest BCUT2D eigenvalue weighted by Crippen LogP contribution is 2.37. The maximum absolute atomic E-state index is 9.88. The number of aliphatic hydroxyl groups excluding tert-OH is 1. The minimum Gasteiger partial charge on any atom is -0.454 e. The van der Waals surface area contributed by atoms with Crippen molar-refractivity contribution in [3.8, 4) is 11.5 Å². The fourth-order valence-corrected chi connectivity index (χ4v) is 2.57. The van der Waals surface area contributed by atoms with Crippen molar-refractivity contribution in [2.24, 2.45) is 0 Å². The monoisotopic (exact) mass is 270 g/mol. The Balaban J connectivity index is 1.92. The Morgan fingerprint density at radius 2 is 1.80 bits per heavy atom. The Bertz CT molecular complexity index is 594. The van der Waals surface area contributed by atoms with Crippen LogP contribution >= 0.6 is 0 Å². The summed E-state index contributed by atoms with van der Waals surface area (Å²) < 4.78 is 10.8. The SMILES string of the molecule is CC(CO)(Cc1ccccc1)c1ccc2c(c1)OCO2. The molecule has 0 saturated carbocycles. The van der Waals surface area contributed by atoms with Crippen molar-refractivity contribution in [3.63, 3.8) is 0 Å². The van der Waals surface area contributed by atoms with Gasteiger partial charge in [-0.05, 0) is 29.7 Å². The van der Waals surface area contributed by atoms with Gasteiger partial charge in [0.1, 0.15) is 0 Å². The summed E-state index contributed by atoms with van der Waals surface area (Å²) >= 11 is 0. The van der Waals surface area contributed by atoms with E-state index in [1.165, 1.54) is 5.56 Å². The van der Waals surface area contributed by atoms with E-state index < -0.39 is 0 Å². The summed E-state index contributed by atoms with van der Waals surface area (Å²) in [5.74, 6) is 1.53. The third kappa shape index (κ3) is 2.37. The van der Waals surface area contributed by atoms with Gasteiger partial charge >= 0.3 is 0 Å². The summed E-state index contributed by atoms with van der Waals surface area (Å²) in [5.41, 5.74) is 1.94. The van der Waals surface area contributed by atoms with Crippen molar-refractivity contribution < 1.29 is 14.6 Å². The van der Waals surface area contributed by atoms with Crippen LogP contribution in [0.1, 0.15) is 18.1 Å². The number of hydrogen-bond donors (Lipinski definition) is 1. The molecule has 1 aliphatic rings. The quantitative estimate of drug-likeness (QED) is 0.928. The average molecular weight is 270 g/mol. The standard InChI is InChI=1S/C17H18O3/c1-17(11-18,10-13-5-3-2-4-6-13)14-7-8-15-16(9-14)20-12-19-15/h2-9,18H,10-12H2,1H3. The largest absolute Gasteiger partial charge is 0.454 e. The van der Waals surface area contributed by atoms with Crippen molar-refractivity contribution in [2.45, 2.75) is 18.8 Å². The number of rotatable bonds is 4. The number of benzene rings is 2. The van der Waals surface area contributed by atoms with Gasteiger partial charge in [0.2, 0.25) is 6.79 Å². The van der Waals surface area contributed by atoms with E-state index in [1.54, 1.807) is 0 Å². The Labute approximate surface area is 118 Å². The molecule has 1 heterocycles. The van der Waals surface area contributed by atoms with Gasteiger partial charge in [0.05, 0.1) is 6.61 Å². The van der Waals surface area contributed by atoms with Gasteiger partial charge in [-0.3, -0.25) is 0 Å². The number of aliphatic hydroxyl groups is 1. The molecule has 0 aromatic heterocycles. The van der Waals surface area contributed by atoms with Gasteiger partial charge < -0.3 is 14.6 Å². The van der Waals surface area contributed by atoms with Gasteiger partial charge in [0.25, 0.3) is 0 Å². The van der Waals surface area contributed by atoms with E-state index in [-0.39, 0.29) is 18.8 Å². The summed E-state index contributed by atoms with van der Waals surface area (Å²) in [6.07, 6.45) is 0.782. The zero-order valence-corrected chi connectivity index (χ0v) is 11.5. The molecule has 1 atom stereocenters. The van der Waals surface area contributed by atoms with Crippen molar-refractivity contribution >= 4 is 0 Å². The summed E-state index contributed by atoms with van der Waals surface area (Å²) in [5, 5.41) is 9.88. The first kappa shape index (κ1) is 13.0. The summed E-state index contributed by atoms with van der Waals surface area (Å²) in [4.78, 5) is 0. The van der Waals surface area contributed by atoms with Gasteiger partial charge in [0, 0.05) is 5.41 Å². The van der Waals surface area contributed by atoms with Gasteiger partial charge in [0.15, 0.2) is 11.5 Å². The molecule has 1 aliphatic heterocycles. The normalized spacial score (nSPS) is 15.9. The molecule has 104 valence electrons. The van der Waals surface area contributed by atoms with Gasteiger partial charge in [-0.15, -0.1) is 0 Å². The van der Waals surface area contributed by atoms with E-state index in [0.29, 0.717) is 0 Å². The lowest BCUT2D eigenvalue weighted by molar-refractivity contribution is 0.173.